The Labute approximate surface area is 114 Å². The van der Waals surface area contributed by atoms with Crippen LogP contribution in [0.5, 0.6) is 5.75 Å². The fourth-order valence-corrected chi connectivity index (χ4v) is 2.15. The molecule has 1 aliphatic rings. The van der Waals surface area contributed by atoms with E-state index in [2.05, 4.69) is 9.72 Å². The lowest BCUT2D eigenvalue weighted by molar-refractivity contribution is -0.0494. The van der Waals surface area contributed by atoms with E-state index in [1.165, 1.54) is 10.7 Å². The summed E-state index contributed by atoms with van der Waals surface area (Å²) in [6, 6.07) is 6.40. The summed E-state index contributed by atoms with van der Waals surface area (Å²) in [5.41, 5.74) is 6.73. The molecule has 0 aliphatic heterocycles. The molecule has 0 unspecified atom stereocenters. The Balaban J connectivity index is 2.06. The number of ether oxygens (including phenoxy) is 1. The third-order valence-electron chi connectivity index (χ3n) is 3.28. The minimum Gasteiger partial charge on any atom is -0.434 e. The highest BCUT2D eigenvalue weighted by atomic mass is 19.3. The van der Waals surface area contributed by atoms with Gasteiger partial charge in [-0.25, -0.2) is 9.66 Å². The van der Waals surface area contributed by atoms with Crippen LogP contribution in [0.25, 0.3) is 11.3 Å². The second-order valence-electron chi connectivity index (χ2n) is 4.72. The third kappa shape index (κ3) is 2.15. The molecule has 5 nitrogen and oxygen atoms in total. The van der Waals surface area contributed by atoms with E-state index in [0.717, 1.165) is 12.8 Å². The first kappa shape index (κ1) is 12.7. The molecular weight excluding hydrogens is 266 g/mol. The van der Waals surface area contributed by atoms with Crippen molar-refractivity contribution < 1.29 is 13.5 Å². The van der Waals surface area contributed by atoms with Crippen molar-refractivity contribution in [3.8, 4) is 17.0 Å². The van der Waals surface area contributed by atoms with Gasteiger partial charge in [0.2, 0.25) is 0 Å². The Bertz CT molecular complexity index is 637. The Morgan fingerprint density at radius 2 is 2.00 bits per heavy atom. The number of nitrogens with two attached hydrogens (primary N) is 2. The lowest BCUT2D eigenvalue weighted by atomic mass is 10.1. The molecule has 4 N–H and O–H groups in total. The Hall–Kier alpha value is -2.31. The number of aromatic nitrogens is 2. The molecule has 0 amide bonds. The van der Waals surface area contributed by atoms with Crippen molar-refractivity contribution in [2.75, 3.05) is 11.6 Å². The molecule has 1 aromatic heterocycles. The summed E-state index contributed by atoms with van der Waals surface area (Å²) in [5, 5.41) is 0. The second-order valence-corrected chi connectivity index (χ2v) is 4.72. The van der Waals surface area contributed by atoms with Crippen LogP contribution in [-0.4, -0.2) is 16.3 Å². The molecule has 1 aliphatic carbocycles. The van der Waals surface area contributed by atoms with Crippen molar-refractivity contribution in [3.63, 3.8) is 0 Å². The number of hydrogen-bond donors (Lipinski definition) is 2. The molecule has 0 atom stereocenters. The van der Waals surface area contributed by atoms with E-state index in [4.69, 9.17) is 11.6 Å². The number of nitrogens with zero attached hydrogens (tertiary/aromatic N) is 2. The zero-order valence-corrected chi connectivity index (χ0v) is 10.6. The van der Waals surface area contributed by atoms with Crippen molar-refractivity contribution in [1.82, 2.24) is 9.66 Å². The number of nitrogen functional groups attached to an aromatic ring is 2. The van der Waals surface area contributed by atoms with Crippen LogP contribution in [0.2, 0.25) is 0 Å². The number of benzene rings is 1. The first-order valence-corrected chi connectivity index (χ1v) is 6.25. The molecule has 2 aromatic rings. The molecular formula is C13H14F2N4O. The van der Waals surface area contributed by atoms with E-state index in [-0.39, 0.29) is 11.6 Å². The van der Waals surface area contributed by atoms with E-state index >= 15 is 0 Å². The zero-order chi connectivity index (χ0) is 14.3. The maximum atomic E-state index is 12.4. The van der Waals surface area contributed by atoms with Gasteiger partial charge in [0, 0.05) is 11.5 Å². The number of rotatable bonds is 4. The van der Waals surface area contributed by atoms with Crippen LogP contribution in [-0.2, 0) is 0 Å². The van der Waals surface area contributed by atoms with Crippen molar-refractivity contribution in [1.29, 1.82) is 0 Å². The molecule has 0 spiro atoms. The molecule has 106 valence electrons. The highest BCUT2D eigenvalue weighted by Gasteiger charge is 2.31. The van der Waals surface area contributed by atoms with Crippen LogP contribution < -0.4 is 16.3 Å². The van der Waals surface area contributed by atoms with Crippen LogP contribution in [0.4, 0.5) is 14.6 Å². The standard InChI is InChI=1S/C13H14F2N4O/c14-13(15)20-9-4-2-1-3-8(9)10-11(16)19(17)12(18-10)7-5-6-7/h1-4,7,13H,5-6,16-17H2. The molecule has 3 rings (SSSR count). The van der Waals surface area contributed by atoms with E-state index in [1.54, 1.807) is 18.2 Å². The molecule has 0 bridgehead atoms. The highest BCUT2D eigenvalue weighted by Crippen LogP contribution is 2.42. The van der Waals surface area contributed by atoms with E-state index in [0.29, 0.717) is 23.0 Å². The lowest BCUT2D eigenvalue weighted by Crippen LogP contribution is -2.14. The number of halogens is 2. The second kappa shape index (κ2) is 4.66. The Kier molecular flexibility index (Phi) is 2.96. The topological polar surface area (TPSA) is 79.1 Å². The van der Waals surface area contributed by atoms with Crippen LogP contribution in [0.3, 0.4) is 0 Å². The fraction of sp³-hybridized carbons (Fsp3) is 0.308. The molecule has 1 heterocycles. The van der Waals surface area contributed by atoms with Gasteiger partial charge in [0.15, 0.2) is 5.82 Å². The van der Waals surface area contributed by atoms with Crippen LogP contribution >= 0.6 is 0 Å². The predicted molar refractivity (Wildman–Crippen MR) is 70.8 cm³/mol. The van der Waals surface area contributed by atoms with Gasteiger partial charge in [-0.05, 0) is 25.0 Å². The van der Waals surface area contributed by atoms with E-state index < -0.39 is 6.61 Å². The fourth-order valence-electron chi connectivity index (χ4n) is 2.15. The van der Waals surface area contributed by atoms with Crippen LogP contribution in [0, 0.1) is 0 Å². The highest BCUT2D eigenvalue weighted by molar-refractivity contribution is 5.76. The monoisotopic (exact) mass is 280 g/mol. The SMILES string of the molecule is Nc1c(-c2ccccc2OC(F)F)nc(C2CC2)n1N. The summed E-state index contributed by atoms with van der Waals surface area (Å²) < 4.78 is 30.7. The van der Waals surface area contributed by atoms with Gasteiger partial charge in [-0.15, -0.1) is 0 Å². The van der Waals surface area contributed by atoms with Crippen LogP contribution in [0.15, 0.2) is 24.3 Å². The van der Waals surface area contributed by atoms with Crippen molar-refractivity contribution in [2.45, 2.75) is 25.4 Å². The molecule has 0 radical (unpaired) electrons. The van der Waals surface area contributed by atoms with Gasteiger partial charge in [-0.2, -0.15) is 8.78 Å². The van der Waals surface area contributed by atoms with Crippen molar-refractivity contribution in [3.05, 3.63) is 30.1 Å². The van der Waals surface area contributed by atoms with Crippen molar-refractivity contribution in [2.24, 2.45) is 0 Å². The first-order valence-electron chi connectivity index (χ1n) is 6.25. The maximum Gasteiger partial charge on any atom is 0.387 e. The first-order chi connectivity index (χ1) is 9.58. The van der Waals surface area contributed by atoms with Crippen LogP contribution in [0.1, 0.15) is 24.6 Å². The Morgan fingerprint density at radius 3 is 2.65 bits per heavy atom. The average Bonchev–Trinajstić information content (AvgIpc) is 3.20. The van der Waals surface area contributed by atoms with Gasteiger partial charge >= 0.3 is 6.61 Å². The molecule has 0 saturated heterocycles. The van der Waals surface area contributed by atoms with Gasteiger partial charge in [0.25, 0.3) is 0 Å². The number of para-hydroxylation sites is 1. The largest absolute Gasteiger partial charge is 0.434 e. The molecule has 1 aromatic carbocycles. The molecule has 20 heavy (non-hydrogen) atoms. The minimum absolute atomic E-state index is 0.0367. The molecule has 7 heteroatoms. The summed E-state index contributed by atoms with van der Waals surface area (Å²) in [4.78, 5) is 4.40. The summed E-state index contributed by atoms with van der Waals surface area (Å²) in [6.07, 6.45) is 2.03. The normalized spacial score (nSPS) is 14.8. The zero-order valence-electron chi connectivity index (χ0n) is 10.6. The Morgan fingerprint density at radius 1 is 1.30 bits per heavy atom. The van der Waals surface area contributed by atoms with E-state index in [9.17, 15) is 8.78 Å². The van der Waals surface area contributed by atoms with Gasteiger partial charge in [0.1, 0.15) is 17.3 Å². The third-order valence-corrected chi connectivity index (χ3v) is 3.28. The summed E-state index contributed by atoms with van der Waals surface area (Å²) >= 11 is 0. The van der Waals surface area contributed by atoms with Crippen molar-refractivity contribution >= 4 is 5.82 Å². The number of hydrogen-bond acceptors (Lipinski definition) is 4. The predicted octanol–water partition coefficient (Wildman–Crippen LogP) is 2.32. The molecule has 1 fully saturated rings. The van der Waals surface area contributed by atoms with Gasteiger partial charge in [-0.1, -0.05) is 12.1 Å². The number of imidazole rings is 1. The lowest BCUT2D eigenvalue weighted by Gasteiger charge is -2.09. The summed E-state index contributed by atoms with van der Waals surface area (Å²) in [5.74, 6) is 7.15. The average molecular weight is 280 g/mol. The minimum atomic E-state index is -2.90. The summed E-state index contributed by atoms with van der Waals surface area (Å²) in [7, 11) is 0. The quantitative estimate of drug-likeness (QED) is 0.842. The maximum absolute atomic E-state index is 12.4. The smallest absolute Gasteiger partial charge is 0.387 e. The van der Waals surface area contributed by atoms with Gasteiger partial charge in [0.05, 0.1) is 0 Å². The number of anilines is 1. The molecule has 1 saturated carbocycles. The van der Waals surface area contributed by atoms with Gasteiger partial charge in [-0.3, -0.25) is 0 Å². The van der Waals surface area contributed by atoms with E-state index in [1.807, 2.05) is 0 Å². The number of alkyl halides is 2. The summed E-state index contributed by atoms with van der Waals surface area (Å²) in [6.45, 7) is -2.90. The van der Waals surface area contributed by atoms with Gasteiger partial charge < -0.3 is 16.3 Å².